The summed E-state index contributed by atoms with van der Waals surface area (Å²) in [6.45, 7) is 18.5. The number of hydrogen-bond acceptors (Lipinski definition) is 7. The molecular formula is C66H116N2O6Si. The van der Waals surface area contributed by atoms with E-state index in [1.807, 2.05) is 0 Å². The van der Waals surface area contributed by atoms with Crippen molar-refractivity contribution in [2.45, 2.75) is 278 Å². The van der Waals surface area contributed by atoms with Crippen LogP contribution in [0.2, 0.25) is 5.04 Å². The molecule has 75 heavy (non-hydrogen) atoms. The minimum Gasteiger partial charge on any atom is -0.465 e. The summed E-state index contributed by atoms with van der Waals surface area (Å²) in [5.41, 5.74) is 0. The van der Waals surface area contributed by atoms with Crippen molar-refractivity contribution in [1.29, 1.82) is 0 Å². The Kier molecular flexibility index (Phi) is 39.9. The summed E-state index contributed by atoms with van der Waals surface area (Å²) in [5.74, 6) is -0.143. The standard InChI is InChI=1S/C66H116N2O6Si/c1-9-13-17-21-23-31-44-58(43-29-19-15-11-3)64(70)68(8)57-63(69)72-54-40-27-33-47-60(67-53-39-42-55-73-65(71)59(45-30-20-16-12-4)46-32-24-22-18-14-10-2)48-34-28-41-56-74-75(66(5,6)7,61-49-35-25-36-50-61)62-51-37-26-38-52-62/h25-26,35-38,49-52,58-60,67H,9-24,27-34,39-48,53-57H2,1-8H3. The van der Waals surface area contributed by atoms with Crippen molar-refractivity contribution in [2.75, 3.05) is 40.0 Å². The molecule has 3 unspecified atom stereocenters. The van der Waals surface area contributed by atoms with E-state index in [0.29, 0.717) is 19.3 Å². The lowest BCUT2D eigenvalue weighted by Crippen LogP contribution is -2.66. The molecular weight excluding hydrogens is 945 g/mol. The molecule has 0 aromatic heterocycles. The van der Waals surface area contributed by atoms with Gasteiger partial charge in [0.1, 0.15) is 6.54 Å². The van der Waals surface area contributed by atoms with Crippen LogP contribution in [0, 0.1) is 11.8 Å². The Balaban J connectivity index is 1.94. The summed E-state index contributed by atoms with van der Waals surface area (Å²) in [5, 5.41) is 6.51. The molecule has 2 aromatic carbocycles. The van der Waals surface area contributed by atoms with Gasteiger partial charge in [-0.05, 0) is 86.2 Å². The first-order chi connectivity index (χ1) is 36.4. The van der Waals surface area contributed by atoms with Crippen molar-refractivity contribution in [3.05, 3.63) is 60.7 Å². The van der Waals surface area contributed by atoms with Crippen LogP contribution in [0.15, 0.2) is 60.7 Å². The number of unbranched alkanes of at least 4 members (excludes halogenated alkanes) is 21. The first-order valence-electron chi connectivity index (χ1n) is 31.5. The molecule has 0 aliphatic rings. The van der Waals surface area contributed by atoms with Crippen molar-refractivity contribution in [3.8, 4) is 0 Å². The Morgan fingerprint density at radius 2 is 0.867 bits per heavy atom. The van der Waals surface area contributed by atoms with Crippen LogP contribution in [0.25, 0.3) is 0 Å². The number of hydrogen-bond donors (Lipinski definition) is 1. The van der Waals surface area contributed by atoms with E-state index >= 15 is 0 Å². The monoisotopic (exact) mass is 1060 g/mol. The number of rotatable bonds is 49. The second-order valence-electron chi connectivity index (χ2n) is 23.4. The van der Waals surface area contributed by atoms with Gasteiger partial charge in [0.05, 0.1) is 19.1 Å². The van der Waals surface area contributed by atoms with Gasteiger partial charge in [-0.15, -0.1) is 0 Å². The summed E-state index contributed by atoms with van der Waals surface area (Å²) in [6, 6.07) is 22.3. The molecule has 2 rings (SSSR count). The quantitative estimate of drug-likeness (QED) is 0.0401. The molecule has 0 heterocycles. The van der Waals surface area contributed by atoms with Crippen LogP contribution in [0.4, 0.5) is 0 Å². The Morgan fingerprint density at radius 3 is 1.35 bits per heavy atom. The van der Waals surface area contributed by atoms with E-state index in [-0.39, 0.29) is 41.3 Å². The van der Waals surface area contributed by atoms with Crippen LogP contribution < -0.4 is 15.7 Å². The lowest BCUT2D eigenvalue weighted by Gasteiger charge is -2.43. The van der Waals surface area contributed by atoms with E-state index in [9.17, 15) is 14.4 Å². The molecule has 0 fully saturated rings. The number of ether oxygens (including phenoxy) is 2. The SMILES string of the molecule is CCCCCCCCC(CCCCCC)C(=O)OCCCCNC(CCCCCOC(=O)CN(C)C(=O)C(CCCCCC)CCCCCCCC)CCCCCO[Si](c1ccccc1)(c1ccccc1)C(C)(C)C. The van der Waals surface area contributed by atoms with Crippen LogP contribution in [0.5, 0.6) is 0 Å². The molecule has 9 heteroatoms. The topological polar surface area (TPSA) is 94.2 Å². The van der Waals surface area contributed by atoms with E-state index in [0.717, 1.165) is 135 Å². The fraction of sp³-hybridized carbons (Fsp3) is 0.773. The van der Waals surface area contributed by atoms with Crippen LogP contribution in [-0.4, -0.2) is 77.1 Å². The van der Waals surface area contributed by atoms with Gasteiger partial charge in [-0.2, -0.15) is 0 Å². The molecule has 1 N–H and O–H groups in total. The third kappa shape index (κ3) is 30.1. The molecule has 0 aliphatic heterocycles. The number of benzene rings is 2. The van der Waals surface area contributed by atoms with Crippen molar-refractivity contribution in [1.82, 2.24) is 10.2 Å². The van der Waals surface area contributed by atoms with Gasteiger partial charge in [0.2, 0.25) is 5.91 Å². The Hall–Kier alpha value is -3.01. The van der Waals surface area contributed by atoms with E-state index in [4.69, 9.17) is 13.9 Å². The van der Waals surface area contributed by atoms with Gasteiger partial charge in [-0.3, -0.25) is 14.4 Å². The minimum absolute atomic E-state index is 0.00525. The van der Waals surface area contributed by atoms with Crippen molar-refractivity contribution in [2.24, 2.45) is 11.8 Å². The third-order valence-electron chi connectivity index (χ3n) is 15.7. The zero-order chi connectivity index (χ0) is 54.7. The van der Waals surface area contributed by atoms with Gasteiger partial charge in [-0.25, -0.2) is 0 Å². The van der Waals surface area contributed by atoms with Gasteiger partial charge in [0.15, 0.2) is 0 Å². The van der Waals surface area contributed by atoms with Crippen LogP contribution in [0.1, 0.15) is 267 Å². The zero-order valence-corrected chi connectivity index (χ0v) is 51.0. The van der Waals surface area contributed by atoms with E-state index < -0.39 is 8.32 Å². The highest BCUT2D eigenvalue weighted by atomic mass is 28.4. The highest BCUT2D eigenvalue weighted by Crippen LogP contribution is 2.37. The number of carbonyl (C=O) groups is 3. The molecule has 0 aliphatic carbocycles. The zero-order valence-electron chi connectivity index (χ0n) is 50.0. The van der Waals surface area contributed by atoms with Gasteiger partial charge >= 0.3 is 11.9 Å². The molecule has 430 valence electrons. The summed E-state index contributed by atoms with van der Waals surface area (Å²) in [6.07, 6.45) is 38.0. The van der Waals surface area contributed by atoms with E-state index in [1.165, 1.54) is 107 Å². The number of esters is 2. The average Bonchev–Trinajstić information content (AvgIpc) is 3.40. The van der Waals surface area contributed by atoms with Gasteiger partial charge in [-0.1, -0.05) is 263 Å². The average molecular weight is 1060 g/mol. The Morgan fingerprint density at radius 1 is 0.480 bits per heavy atom. The van der Waals surface area contributed by atoms with Crippen LogP contribution >= 0.6 is 0 Å². The highest BCUT2D eigenvalue weighted by molar-refractivity contribution is 6.99. The van der Waals surface area contributed by atoms with Crippen LogP contribution in [-0.2, 0) is 28.3 Å². The Labute approximate surface area is 463 Å². The molecule has 0 spiro atoms. The summed E-state index contributed by atoms with van der Waals surface area (Å²) >= 11 is 0. The molecule has 0 radical (unpaired) electrons. The van der Waals surface area contributed by atoms with Crippen molar-refractivity contribution >= 4 is 36.5 Å². The van der Waals surface area contributed by atoms with E-state index in [2.05, 4.69) is 114 Å². The number of nitrogens with zero attached hydrogens (tertiary/aromatic N) is 1. The molecule has 0 saturated carbocycles. The van der Waals surface area contributed by atoms with Gasteiger partial charge in [0.25, 0.3) is 8.32 Å². The van der Waals surface area contributed by atoms with Crippen LogP contribution in [0.3, 0.4) is 0 Å². The number of likely N-dealkylation sites (N-methyl/N-ethyl adjacent to an activating group) is 1. The molecule has 1 amide bonds. The predicted octanol–water partition coefficient (Wildman–Crippen LogP) is 16.6. The molecule has 3 atom stereocenters. The molecule has 0 saturated heterocycles. The maximum Gasteiger partial charge on any atom is 0.325 e. The number of amides is 1. The predicted molar refractivity (Wildman–Crippen MR) is 322 cm³/mol. The summed E-state index contributed by atoms with van der Waals surface area (Å²) < 4.78 is 18.9. The second kappa shape index (κ2) is 43.9. The maximum absolute atomic E-state index is 13.6. The maximum atomic E-state index is 13.6. The molecule has 8 nitrogen and oxygen atoms in total. The first kappa shape index (κ1) is 68.1. The smallest absolute Gasteiger partial charge is 0.325 e. The summed E-state index contributed by atoms with van der Waals surface area (Å²) in [4.78, 5) is 41.5. The number of carbonyl (C=O) groups excluding carboxylic acids is 3. The normalized spacial score (nSPS) is 13.1. The largest absolute Gasteiger partial charge is 0.465 e. The lowest BCUT2D eigenvalue weighted by atomic mass is 9.93. The third-order valence-corrected chi connectivity index (χ3v) is 20.7. The van der Waals surface area contributed by atoms with Crippen molar-refractivity contribution in [3.63, 3.8) is 0 Å². The fourth-order valence-electron chi connectivity index (χ4n) is 11.1. The molecule has 0 bridgehead atoms. The highest BCUT2D eigenvalue weighted by Gasteiger charge is 2.50. The first-order valence-corrected chi connectivity index (χ1v) is 33.4. The van der Waals surface area contributed by atoms with Gasteiger partial charge < -0.3 is 24.1 Å². The summed E-state index contributed by atoms with van der Waals surface area (Å²) in [7, 11) is -0.784. The van der Waals surface area contributed by atoms with Gasteiger partial charge in [0, 0.05) is 25.6 Å². The lowest BCUT2D eigenvalue weighted by molar-refractivity contribution is -0.150. The Bertz CT molecular complexity index is 1630. The van der Waals surface area contributed by atoms with E-state index in [1.54, 1.807) is 11.9 Å². The number of nitrogens with one attached hydrogen (secondary N) is 1. The van der Waals surface area contributed by atoms with Crippen molar-refractivity contribution < 1.29 is 28.3 Å². The second-order valence-corrected chi connectivity index (χ2v) is 27.7. The minimum atomic E-state index is -2.56. The molecule has 2 aromatic rings. The fourth-order valence-corrected chi connectivity index (χ4v) is 15.7.